The van der Waals surface area contributed by atoms with Gasteiger partial charge < -0.3 is 18.8 Å². The maximum atomic E-state index is 13.3. The Kier molecular flexibility index (Phi) is 5.46. The summed E-state index contributed by atoms with van der Waals surface area (Å²) in [6.45, 7) is 1.90. The summed E-state index contributed by atoms with van der Waals surface area (Å²) in [5.74, 6) is -0.130. The fourth-order valence-electron chi connectivity index (χ4n) is 3.65. The van der Waals surface area contributed by atoms with Crippen molar-refractivity contribution in [1.29, 1.82) is 0 Å². The molecule has 150 valence electrons. The standard InChI is InChI=1S/C22H22FN3O3/c23-18-7-5-17(6-8-18)19(24-9-1-2-10-24)16-21(27)25-11-13-26(14-12-25)22(28)20-4-3-15-29-20/h1-10,15,19H,11-14,16H2/t19-/m0/s1. The van der Waals surface area contributed by atoms with E-state index >= 15 is 0 Å². The number of furan rings is 1. The monoisotopic (exact) mass is 395 g/mol. The number of carbonyl (C=O) groups excluding carboxylic acids is 2. The van der Waals surface area contributed by atoms with Gasteiger partial charge in [-0.25, -0.2) is 4.39 Å². The summed E-state index contributed by atoms with van der Waals surface area (Å²) in [7, 11) is 0. The van der Waals surface area contributed by atoms with E-state index in [1.54, 1.807) is 34.1 Å². The van der Waals surface area contributed by atoms with Crippen LogP contribution in [0.3, 0.4) is 0 Å². The topological polar surface area (TPSA) is 58.7 Å². The molecule has 0 spiro atoms. The number of hydrogen-bond donors (Lipinski definition) is 0. The second kappa shape index (κ2) is 8.34. The van der Waals surface area contributed by atoms with Crippen molar-refractivity contribution in [3.63, 3.8) is 0 Å². The fourth-order valence-corrected chi connectivity index (χ4v) is 3.65. The van der Waals surface area contributed by atoms with Crippen molar-refractivity contribution in [2.75, 3.05) is 26.2 Å². The summed E-state index contributed by atoms with van der Waals surface area (Å²) in [6, 6.07) is 13.2. The SMILES string of the molecule is O=C(C[C@@H](c1ccc(F)cc1)n1cccc1)N1CCN(C(=O)c2ccco2)CC1. The molecular formula is C22H22FN3O3. The highest BCUT2D eigenvalue weighted by Gasteiger charge is 2.28. The van der Waals surface area contributed by atoms with Gasteiger partial charge in [-0.05, 0) is 42.0 Å². The average Bonchev–Trinajstić information content (AvgIpc) is 3.46. The highest BCUT2D eigenvalue weighted by molar-refractivity contribution is 5.91. The third-order valence-corrected chi connectivity index (χ3v) is 5.26. The van der Waals surface area contributed by atoms with Crippen LogP contribution in [0.25, 0.3) is 0 Å². The zero-order valence-electron chi connectivity index (χ0n) is 15.9. The van der Waals surface area contributed by atoms with Crippen LogP contribution in [0.15, 0.2) is 71.6 Å². The van der Waals surface area contributed by atoms with E-state index in [-0.39, 0.29) is 30.1 Å². The number of benzene rings is 1. The Morgan fingerprint density at radius 2 is 1.59 bits per heavy atom. The minimum atomic E-state index is -0.302. The molecule has 0 saturated carbocycles. The lowest BCUT2D eigenvalue weighted by Gasteiger charge is -2.35. The molecule has 1 aromatic carbocycles. The van der Waals surface area contributed by atoms with Gasteiger partial charge in [-0.3, -0.25) is 9.59 Å². The van der Waals surface area contributed by atoms with Gasteiger partial charge >= 0.3 is 0 Å². The van der Waals surface area contributed by atoms with Gasteiger partial charge in [0.25, 0.3) is 5.91 Å². The van der Waals surface area contributed by atoms with Crippen molar-refractivity contribution in [3.8, 4) is 0 Å². The first-order valence-electron chi connectivity index (χ1n) is 9.60. The number of aromatic nitrogens is 1. The molecule has 7 heteroatoms. The Hall–Kier alpha value is -3.35. The first-order valence-corrected chi connectivity index (χ1v) is 9.60. The lowest BCUT2D eigenvalue weighted by Crippen LogP contribution is -2.50. The van der Waals surface area contributed by atoms with Crippen LogP contribution in [0.1, 0.15) is 28.6 Å². The fraction of sp³-hybridized carbons (Fsp3) is 0.273. The van der Waals surface area contributed by atoms with E-state index in [2.05, 4.69) is 0 Å². The van der Waals surface area contributed by atoms with Crippen LogP contribution in [-0.2, 0) is 4.79 Å². The number of hydrogen-bond acceptors (Lipinski definition) is 3. The first-order chi connectivity index (χ1) is 14.1. The van der Waals surface area contributed by atoms with E-state index in [9.17, 15) is 14.0 Å². The highest BCUT2D eigenvalue weighted by Crippen LogP contribution is 2.24. The number of nitrogens with zero attached hydrogens (tertiary/aromatic N) is 3. The summed E-state index contributed by atoms with van der Waals surface area (Å²) in [5, 5.41) is 0. The number of carbonyl (C=O) groups is 2. The smallest absolute Gasteiger partial charge is 0.289 e. The normalized spacial score (nSPS) is 15.3. The van der Waals surface area contributed by atoms with Crippen LogP contribution in [0, 0.1) is 5.82 Å². The summed E-state index contributed by atoms with van der Waals surface area (Å²) in [4.78, 5) is 28.8. The van der Waals surface area contributed by atoms with Gasteiger partial charge in [0.15, 0.2) is 5.76 Å². The Morgan fingerprint density at radius 1 is 0.931 bits per heavy atom. The summed E-state index contributed by atoms with van der Waals surface area (Å²) >= 11 is 0. The van der Waals surface area contributed by atoms with Crippen LogP contribution in [0.4, 0.5) is 4.39 Å². The first kappa shape index (κ1) is 19.0. The lowest BCUT2D eigenvalue weighted by atomic mass is 10.0. The van der Waals surface area contributed by atoms with Crippen LogP contribution in [0.5, 0.6) is 0 Å². The van der Waals surface area contributed by atoms with Crippen molar-refractivity contribution in [1.82, 2.24) is 14.4 Å². The second-order valence-electron chi connectivity index (χ2n) is 7.05. The predicted molar refractivity (Wildman–Crippen MR) is 105 cm³/mol. The molecule has 1 aliphatic heterocycles. The van der Waals surface area contributed by atoms with Crippen LogP contribution in [0.2, 0.25) is 0 Å². The van der Waals surface area contributed by atoms with E-state index < -0.39 is 0 Å². The molecular weight excluding hydrogens is 373 g/mol. The Labute approximate surface area is 168 Å². The van der Waals surface area contributed by atoms with E-state index in [0.717, 1.165) is 5.56 Å². The molecule has 3 heterocycles. The third kappa shape index (κ3) is 4.23. The van der Waals surface area contributed by atoms with Crippen LogP contribution < -0.4 is 0 Å². The minimum Gasteiger partial charge on any atom is -0.459 e. The molecule has 2 amide bonds. The van der Waals surface area contributed by atoms with E-state index in [0.29, 0.717) is 31.9 Å². The second-order valence-corrected chi connectivity index (χ2v) is 7.05. The van der Waals surface area contributed by atoms with E-state index in [4.69, 9.17) is 4.42 Å². The highest BCUT2D eigenvalue weighted by atomic mass is 19.1. The summed E-state index contributed by atoms with van der Waals surface area (Å²) in [5.41, 5.74) is 0.877. The molecule has 0 aliphatic carbocycles. The van der Waals surface area contributed by atoms with Gasteiger partial charge in [-0.2, -0.15) is 0 Å². The van der Waals surface area contributed by atoms with Crippen molar-refractivity contribution >= 4 is 11.8 Å². The maximum Gasteiger partial charge on any atom is 0.289 e. The zero-order valence-corrected chi connectivity index (χ0v) is 15.9. The Balaban J connectivity index is 1.41. The molecule has 1 atom stereocenters. The van der Waals surface area contributed by atoms with Gasteiger partial charge in [0, 0.05) is 38.6 Å². The Bertz CT molecular complexity index is 944. The van der Waals surface area contributed by atoms with Gasteiger partial charge in [-0.1, -0.05) is 12.1 Å². The number of rotatable bonds is 5. The van der Waals surface area contributed by atoms with Gasteiger partial charge in [0.2, 0.25) is 5.91 Å². The molecule has 3 aromatic rings. The molecule has 0 bridgehead atoms. The van der Waals surface area contributed by atoms with Crippen molar-refractivity contribution in [3.05, 3.63) is 84.3 Å². The molecule has 4 rings (SSSR count). The minimum absolute atomic E-state index is 0.0122. The zero-order chi connectivity index (χ0) is 20.2. The molecule has 0 N–H and O–H groups in total. The van der Waals surface area contributed by atoms with Crippen molar-refractivity contribution in [2.24, 2.45) is 0 Å². The van der Waals surface area contributed by atoms with Crippen molar-refractivity contribution < 1.29 is 18.4 Å². The van der Waals surface area contributed by atoms with Crippen molar-refractivity contribution in [2.45, 2.75) is 12.5 Å². The maximum absolute atomic E-state index is 13.3. The van der Waals surface area contributed by atoms with Gasteiger partial charge in [0.1, 0.15) is 5.82 Å². The number of amides is 2. The molecule has 1 fully saturated rings. The number of halogens is 1. The third-order valence-electron chi connectivity index (χ3n) is 5.26. The van der Waals surface area contributed by atoms with Gasteiger partial charge in [0.05, 0.1) is 18.7 Å². The van der Waals surface area contributed by atoms with Crippen LogP contribution in [-0.4, -0.2) is 52.4 Å². The molecule has 1 saturated heterocycles. The summed E-state index contributed by atoms with van der Waals surface area (Å²) in [6.07, 6.45) is 5.55. The molecule has 29 heavy (non-hydrogen) atoms. The molecule has 1 aliphatic rings. The lowest BCUT2D eigenvalue weighted by molar-refractivity contribution is -0.133. The van der Waals surface area contributed by atoms with Gasteiger partial charge in [-0.15, -0.1) is 0 Å². The predicted octanol–water partition coefficient (Wildman–Crippen LogP) is 3.18. The average molecular weight is 395 g/mol. The van der Waals surface area contributed by atoms with E-state index in [1.165, 1.54) is 18.4 Å². The molecule has 0 unspecified atom stereocenters. The molecule has 2 aromatic heterocycles. The quantitative estimate of drug-likeness (QED) is 0.667. The number of piperazine rings is 1. The molecule has 0 radical (unpaired) electrons. The summed E-state index contributed by atoms with van der Waals surface area (Å²) < 4.78 is 20.5. The Morgan fingerprint density at radius 3 is 2.21 bits per heavy atom. The molecule has 6 nitrogen and oxygen atoms in total. The van der Waals surface area contributed by atoms with Crippen LogP contribution >= 0.6 is 0 Å². The largest absolute Gasteiger partial charge is 0.459 e. The van der Waals surface area contributed by atoms with E-state index in [1.807, 2.05) is 29.1 Å².